The number of aryl methyl sites for hydroxylation is 2. The van der Waals surface area contributed by atoms with E-state index in [-0.39, 0.29) is 0 Å². The summed E-state index contributed by atoms with van der Waals surface area (Å²) in [6.45, 7) is 2.11. The van der Waals surface area contributed by atoms with Crippen LogP contribution in [0.2, 0.25) is 0 Å². The van der Waals surface area contributed by atoms with Gasteiger partial charge in [-0.1, -0.05) is 18.3 Å². The van der Waals surface area contributed by atoms with Gasteiger partial charge in [-0.25, -0.2) is 0 Å². The van der Waals surface area contributed by atoms with Crippen LogP contribution in [0.4, 0.5) is 5.13 Å². The van der Waals surface area contributed by atoms with Crippen LogP contribution in [0.3, 0.4) is 0 Å². The summed E-state index contributed by atoms with van der Waals surface area (Å²) in [5, 5.41) is 16.1. The van der Waals surface area contributed by atoms with Gasteiger partial charge in [0.2, 0.25) is 5.13 Å². The molecule has 0 bridgehead atoms. The summed E-state index contributed by atoms with van der Waals surface area (Å²) in [5.41, 5.74) is 1.47. The molecule has 1 aliphatic rings. The summed E-state index contributed by atoms with van der Waals surface area (Å²) >= 11 is 3.55. The Morgan fingerprint density at radius 1 is 1.47 bits per heavy atom. The van der Waals surface area contributed by atoms with Gasteiger partial charge in [-0.3, -0.25) is 0 Å². The lowest BCUT2D eigenvalue weighted by Gasteiger charge is -2.23. The molecule has 3 nitrogen and oxygen atoms in total. The third-order valence-corrected chi connectivity index (χ3v) is 5.11. The highest BCUT2D eigenvalue weighted by atomic mass is 32.1. The number of rotatable bonds is 3. The minimum atomic E-state index is 0.433. The van der Waals surface area contributed by atoms with Gasteiger partial charge in [0, 0.05) is 4.88 Å². The van der Waals surface area contributed by atoms with E-state index in [1.54, 1.807) is 11.3 Å². The molecular formula is C12H15N3S2. The van der Waals surface area contributed by atoms with Gasteiger partial charge < -0.3 is 5.32 Å². The minimum absolute atomic E-state index is 0.433. The van der Waals surface area contributed by atoms with Crippen LogP contribution in [0.1, 0.15) is 41.3 Å². The first-order valence-electron chi connectivity index (χ1n) is 6.02. The van der Waals surface area contributed by atoms with Crippen molar-refractivity contribution >= 4 is 27.8 Å². The highest BCUT2D eigenvalue weighted by Gasteiger charge is 2.21. The van der Waals surface area contributed by atoms with Crippen LogP contribution >= 0.6 is 22.7 Å². The lowest BCUT2D eigenvalue weighted by atomic mass is 9.94. The zero-order chi connectivity index (χ0) is 11.7. The Labute approximate surface area is 109 Å². The van der Waals surface area contributed by atoms with Crippen molar-refractivity contribution in [3.05, 3.63) is 26.9 Å². The first-order valence-corrected chi connectivity index (χ1v) is 7.71. The lowest BCUT2D eigenvalue weighted by molar-refractivity contribution is 0.608. The van der Waals surface area contributed by atoms with Crippen LogP contribution in [-0.2, 0) is 12.8 Å². The Balaban J connectivity index is 1.78. The van der Waals surface area contributed by atoms with Crippen LogP contribution < -0.4 is 5.32 Å². The maximum absolute atomic E-state index is 4.20. The Kier molecular flexibility index (Phi) is 3.11. The molecule has 0 saturated heterocycles. The fourth-order valence-electron chi connectivity index (χ4n) is 2.24. The maximum atomic E-state index is 4.20. The average molecular weight is 265 g/mol. The summed E-state index contributed by atoms with van der Waals surface area (Å²) < 4.78 is 0. The molecule has 2 heterocycles. The molecule has 0 amide bonds. The molecule has 0 spiro atoms. The third-order valence-electron chi connectivity index (χ3n) is 3.12. The normalized spacial score (nSPS) is 19.0. The van der Waals surface area contributed by atoms with Gasteiger partial charge in [-0.15, -0.1) is 21.5 Å². The first-order chi connectivity index (χ1) is 8.36. The molecular weight excluding hydrogens is 250 g/mol. The molecule has 17 heavy (non-hydrogen) atoms. The van der Waals surface area contributed by atoms with Crippen LogP contribution in [0.5, 0.6) is 0 Å². The van der Waals surface area contributed by atoms with Crippen molar-refractivity contribution in [2.24, 2.45) is 0 Å². The molecule has 0 saturated carbocycles. The smallest absolute Gasteiger partial charge is 0.206 e. The summed E-state index contributed by atoms with van der Waals surface area (Å²) in [7, 11) is 0. The molecule has 0 aromatic carbocycles. The molecule has 1 unspecified atom stereocenters. The fourth-order valence-corrected chi connectivity index (χ4v) is 3.96. The van der Waals surface area contributed by atoms with Crippen LogP contribution in [0.15, 0.2) is 11.4 Å². The predicted molar refractivity (Wildman–Crippen MR) is 72.9 cm³/mol. The number of nitrogens with zero attached hydrogens (tertiary/aromatic N) is 2. The molecule has 0 aliphatic heterocycles. The molecule has 1 N–H and O–H groups in total. The molecule has 1 aliphatic carbocycles. The number of fused-ring (bicyclic) bond motifs is 1. The van der Waals surface area contributed by atoms with Crippen molar-refractivity contribution in [1.82, 2.24) is 10.2 Å². The van der Waals surface area contributed by atoms with E-state index < -0.39 is 0 Å². The second-order valence-electron chi connectivity index (χ2n) is 4.24. The number of thiophene rings is 1. The molecule has 5 heteroatoms. The topological polar surface area (TPSA) is 37.8 Å². The molecule has 1 atom stereocenters. The summed E-state index contributed by atoms with van der Waals surface area (Å²) in [5.74, 6) is 0. The second kappa shape index (κ2) is 4.74. The predicted octanol–water partition coefficient (Wildman–Crippen LogP) is 3.65. The third kappa shape index (κ3) is 2.21. The van der Waals surface area contributed by atoms with Crippen molar-refractivity contribution in [3.8, 4) is 0 Å². The Morgan fingerprint density at radius 2 is 2.41 bits per heavy atom. The number of hydrogen-bond donors (Lipinski definition) is 1. The molecule has 0 radical (unpaired) electrons. The summed E-state index contributed by atoms with van der Waals surface area (Å²) in [4.78, 5) is 1.54. The highest BCUT2D eigenvalue weighted by molar-refractivity contribution is 7.15. The Bertz CT molecular complexity index is 503. The Morgan fingerprint density at radius 3 is 3.24 bits per heavy atom. The molecule has 3 rings (SSSR count). The van der Waals surface area contributed by atoms with Crippen molar-refractivity contribution in [3.63, 3.8) is 0 Å². The van der Waals surface area contributed by atoms with Gasteiger partial charge in [0.05, 0.1) is 6.04 Å². The van der Waals surface area contributed by atoms with E-state index in [0.29, 0.717) is 6.04 Å². The molecule has 2 aromatic heterocycles. The van der Waals surface area contributed by atoms with Gasteiger partial charge >= 0.3 is 0 Å². The van der Waals surface area contributed by atoms with E-state index in [0.717, 1.165) is 16.6 Å². The van der Waals surface area contributed by atoms with Crippen molar-refractivity contribution in [1.29, 1.82) is 0 Å². The zero-order valence-electron chi connectivity index (χ0n) is 9.77. The van der Waals surface area contributed by atoms with Gasteiger partial charge in [-0.05, 0) is 42.7 Å². The van der Waals surface area contributed by atoms with Gasteiger partial charge in [0.1, 0.15) is 5.01 Å². The van der Waals surface area contributed by atoms with Crippen molar-refractivity contribution in [2.45, 2.75) is 38.6 Å². The number of nitrogens with one attached hydrogen (secondary N) is 1. The number of aromatic nitrogens is 2. The standard InChI is InChI=1S/C12H15N3S2/c1-2-11-14-15-12(17-11)13-9-4-3-5-10-8(9)6-7-16-10/h6-7,9H,2-5H2,1H3,(H,13,15). The van der Waals surface area contributed by atoms with Gasteiger partial charge in [0.25, 0.3) is 0 Å². The van der Waals surface area contributed by atoms with E-state index in [1.165, 1.54) is 29.7 Å². The van der Waals surface area contributed by atoms with E-state index in [9.17, 15) is 0 Å². The van der Waals surface area contributed by atoms with Crippen LogP contribution in [0.25, 0.3) is 0 Å². The minimum Gasteiger partial charge on any atom is -0.353 e. The number of anilines is 1. The first kappa shape index (κ1) is 11.2. The summed E-state index contributed by atoms with van der Waals surface area (Å²) in [6, 6.07) is 2.68. The average Bonchev–Trinajstić information content (AvgIpc) is 2.97. The zero-order valence-corrected chi connectivity index (χ0v) is 11.4. The van der Waals surface area contributed by atoms with Crippen molar-refractivity contribution < 1.29 is 0 Å². The SMILES string of the molecule is CCc1nnc(NC2CCCc3sccc32)s1. The van der Waals surface area contributed by atoms with E-state index >= 15 is 0 Å². The van der Waals surface area contributed by atoms with E-state index in [1.807, 2.05) is 11.3 Å². The van der Waals surface area contributed by atoms with Crippen molar-refractivity contribution in [2.75, 3.05) is 5.32 Å². The van der Waals surface area contributed by atoms with Crippen LogP contribution in [0, 0.1) is 0 Å². The van der Waals surface area contributed by atoms with Crippen LogP contribution in [-0.4, -0.2) is 10.2 Å². The van der Waals surface area contributed by atoms with E-state index in [2.05, 4.69) is 33.9 Å². The second-order valence-corrected chi connectivity index (χ2v) is 6.31. The number of hydrogen-bond acceptors (Lipinski definition) is 5. The summed E-state index contributed by atoms with van der Waals surface area (Å²) in [6.07, 6.45) is 4.67. The largest absolute Gasteiger partial charge is 0.353 e. The fraction of sp³-hybridized carbons (Fsp3) is 0.500. The Hall–Kier alpha value is -0.940. The van der Waals surface area contributed by atoms with Gasteiger partial charge in [-0.2, -0.15) is 0 Å². The maximum Gasteiger partial charge on any atom is 0.206 e. The lowest BCUT2D eigenvalue weighted by Crippen LogP contribution is -2.15. The molecule has 2 aromatic rings. The van der Waals surface area contributed by atoms with Gasteiger partial charge in [0.15, 0.2) is 0 Å². The quantitative estimate of drug-likeness (QED) is 0.920. The molecule has 0 fully saturated rings. The highest BCUT2D eigenvalue weighted by Crippen LogP contribution is 2.35. The monoisotopic (exact) mass is 265 g/mol. The van der Waals surface area contributed by atoms with E-state index in [4.69, 9.17) is 0 Å². The molecule has 90 valence electrons.